The van der Waals surface area contributed by atoms with Crippen LogP contribution in [0.4, 0.5) is 0 Å². The summed E-state index contributed by atoms with van der Waals surface area (Å²) in [6.07, 6.45) is 0. The lowest BCUT2D eigenvalue weighted by Crippen LogP contribution is -2.27. The van der Waals surface area contributed by atoms with Crippen molar-refractivity contribution in [3.8, 4) is 5.75 Å². The molecule has 0 aliphatic heterocycles. The number of benzene rings is 2. The maximum atomic E-state index is 12.7. The molecule has 128 valence electrons. The van der Waals surface area contributed by atoms with Gasteiger partial charge in [0.2, 0.25) is 10.0 Å². The van der Waals surface area contributed by atoms with Crippen LogP contribution in [0.15, 0.2) is 51.8 Å². The van der Waals surface area contributed by atoms with E-state index >= 15 is 0 Å². The van der Waals surface area contributed by atoms with Crippen molar-refractivity contribution in [2.24, 2.45) is 5.14 Å². The molecule has 24 heavy (non-hydrogen) atoms. The zero-order valence-electron chi connectivity index (χ0n) is 13.2. The number of hydrogen-bond donors (Lipinski definition) is 1. The summed E-state index contributed by atoms with van der Waals surface area (Å²) >= 11 is 3.36. The Morgan fingerprint density at radius 2 is 1.83 bits per heavy atom. The molecule has 2 N–H and O–H groups in total. The summed E-state index contributed by atoms with van der Waals surface area (Å²) in [5, 5.41) is 5.13. The number of amides is 1. The van der Waals surface area contributed by atoms with Crippen LogP contribution in [-0.4, -0.2) is 33.4 Å². The fourth-order valence-corrected chi connectivity index (χ4v) is 2.98. The van der Waals surface area contributed by atoms with E-state index < -0.39 is 10.0 Å². The van der Waals surface area contributed by atoms with Gasteiger partial charge in [0.15, 0.2) is 0 Å². The highest BCUT2D eigenvalue weighted by atomic mass is 79.9. The Balaban J connectivity index is 2.31. The lowest BCUT2D eigenvalue weighted by atomic mass is 10.1. The maximum absolute atomic E-state index is 12.7. The van der Waals surface area contributed by atoms with Crippen molar-refractivity contribution in [1.29, 1.82) is 0 Å². The van der Waals surface area contributed by atoms with E-state index in [2.05, 4.69) is 15.9 Å². The first-order chi connectivity index (χ1) is 11.2. The predicted octanol–water partition coefficient (Wildman–Crippen LogP) is 2.38. The van der Waals surface area contributed by atoms with Crippen molar-refractivity contribution in [2.75, 3.05) is 14.2 Å². The number of sulfonamides is 1. The smallest absolute Gasteiger partial charge is 0.257 e. The van der Waals surface area contributed by atoms with Gasteiger partial charge in [0, 0.05) is 18.1 Å². The van der Waals surface area contributed by atoms with Gasteiger partial charge in [-0.25, -0.2) is 13.6 Å². The van der Waals surface area contributed by atoms with Crippen LogP contribution < -0.4 is 9.88 Å². The van der Waals surface area contributed by atoms with E-state index in [1.165, 1.54) is 30.2 Å². The summed E-state index contributed by atoms with van der Waals surface area (Å²) in [7, 11) is -0.858. The van der Waals surface area contributed by atoms with Crippen LogP contribution in [0.5, 0.6) is 5.75 Å². The Kier molecular flexibility index (Phi) is 5.63. The lowest BCUT2D eigenvalue weighted by Gasteiger charge is -2.19. The van der Waals surface area contributed by atoms with Crippen molar-refractivity contribution in [1.82, 2.24) is 4.90 Å². The highest BCUT2D eigenvalue weighted by molar-refractivity contribution is 9.10. The quantitative estimate of drug-likeness (QED) is 0.815. The van der Waals surface area contributed by atoms with E-state index in [4.69, 9.17) is 9.88 Å². The van der Waals surface area contributed by atoms with Crippen molar-refractivity contribution >= 4 is 31.9 Å². The minimum Gasteiger partial charge on any atom is -0.496 e. The summed E-state index contributed by atoms with van der Waals surface area (Å²) in [5.41, 5.74) is 1.08. The van der Waals surface area contributed by atoms with Gasteiger partial charge in [-0.3, -0.25) is 4.79 Å². The molecule has 0 radical (unpaired) electrons. The molecule has 0 aliphatic rings. The molecule has 0 aliphatic carbocycles. The second kappa shape index (κ2) is 7.33. The number of nitrogens with zero attached hydrogens (tertiary/aromatic N) is 1. The summed E-state index contributed by atoms with van der Waals surface area (Å²) in [4.78, 5) is 14.0. The molecule has 0 saturated carbocycles. The monoisotopic (exact) mass is 412 g/mol. The molecule has 6 nitrogen and oxygen atoms in total. The molecule has 0 spiro atoms. The van der Waals surface area contributed by atoms with Crippen LogP contribution in [0.1, 0.15) is 15.9 Å². The number of carbonyl (C=O) groups is 1. The Morgan fingerprint density at radius 3 is 2.38 bits per heavy atom. The summed E-state index contributed by atoms with van der Waals surface area (Å²) in [6.45, 7) is 0.370. The highest BCUT2D eigenvalue weighted by Crippen LogP contribution is 2.24. The SMILES string of the molecule is COc1ccc(S(N)(=O)=O)cc1C(=O)N(C)Cc1ccc(Br)cc1. The largest absolute Gasteiger partial charge is 0.496 e. The molecular formula is C16H17BrN2O4S. The van der Waals surface area contributed by atoms with Crippen molar-refractivity contribution in [3.63, 3.8) is 0 Å². The topological polar surface area (TPSA) is 89.7 Å². The van der Waals surface area contributed by atoms with Crippen LogP contribution in [0.25, 0.3) is 0 Å². The van der Waals surface area contributed by atoms with E-state index in [1.54, 1.807) is 7.05 Å². The van der Waals surface area contributed by atoms with Crippen LogP contribution >= 0.6 is 15.9 Å². The summed E-state index contributed by atoms with van der Waals surface area (Å²) in [6, 6.07) is 11.5. The van der Waals surface area contributed by atoms with Gasteiger partial charge in [-0.05, 0) is 35.9 Å². The Hall–Kier alpha value is -1.90. The number of halogens is 1. The second-order valence-corrected chi connectivity index (χ2v) is 7.67. The minimum atomic E-state index is -3.90. The van der Waals surface area contributed by atoms with E-state index in [0.29, 0.717) is 6.54 Å². The predicted molar refractivity (Wildman–Crippen MR) is 94.3 cm³/mol. The van der Waals surface area contributed by atoms with E-state index in [9.17, 15) is 13.2 Å². The second-order valence-electron chi connectivity index (χ2n) is 5.19. The normalized spacial score (nSPS) is 11.2. The van der Waals surface area contributed by atoms with Crippen molar-refractivity contribution in [3.05, 3.63) is 58.1 Å². The maximum Gasteiger partial charge on any atom is 0.257 e. The van der Waals surface area contributed by atoms with E-state index in [1.807, 2.05) is 24.3 Å². The molecular weight excluding hydrogens is 396 g/mol. The highest BCUT2D eigenvalue weighted by Gasteiger charge is 2.20. The first-order valence-corrected chi connectivity index (χ1v) is 9.27. The molecule has 0 heterocycles. The van der Waals surface area contributed by atoms with Gasteiger partial charge in [-0.2, -0.15) is 0 Å². The molecule has 0 unspecified atom stereocenters. The Labute approximate surface area is 149 Å². The third kappa shape index (κ3) is 4.34. The molecule has 2 aromatic carbocycles. The third-order valence-electron chi connectivity index (χ3n) is 3.41. The standard InChI is InChI=1S/C16H17BrN2O4S/c1-19(10-11-3-5-12(17)6-4-11)16(20)14-9-13(24(18,21)22)7-8-15(14)23-2/h3-9H,10H2,1-2H3,(H2,18,21,22). The number of rotatable bonds is 5. The van der Waals surface area contributed by atoms with Gasteiger partial charge in [-0.15, -0.1) is 0 Å². The van der Waals surface area contributed by atoms with Crippen molar-refractivity contribution in [2.45, 2.75) is 11.4 Å². The number of carbonyl (C=O) groups excluding carboxylic acids is 1. The van der Waals surface area contributed by atoms with E-state index in [0.717, 1.165) is 10.0 Å². The molecule has 0 fully saturated rings. The minimum absolute atomic E-state index is 0.135. The van der Waals surface area contributed by atoms with Gasteiger partial charge < -0.3 is 9.64 Å². The average molecular weight is 413 g/mol. The molecule has 0 bridgehead atoms. The summed E-state index contributed by atoms with van der Waals surface area (Å²) in [5.74, 6) is -0.0738. The van der Waals surface area contributed by atoms with E-state index in [-0.39, 0.29) is 22.1 Å². The molecule has 2 aromatic rings. The van der Waals surface area contributed by atoms with Crippen LogP contribution in [0.3, 0.4) is 0 Å². The molecule has 0 atom stereocenters. The molecule has 2 rings (SSSR count). The molecule has 0 saturated heterocycles. The fraction of sp³-hybridized carbons (Fsp3) is 0.188. The van der Waals surface area contributed by atoms with Crippen molar-refractivity contribution < 1.29 is 17.9 Å². The fourth-order valence-electron chi connectivity index (χ4n) is 2.17. The zero-order chi connectivity index (χ0) is 17.9. The number of methoxy groups -OCH3 is 1. The van der Waals surface area contributed by atoms with Gasteiger partial charge in [-0.1, -0.05) is 28.1 Å². The Morgan fingerprint density at radius 1 is 1.21 bits per heavy atom. The third-order valence-corrected chi connectivity index (χ3v) is 4.85. The van der Waals surface area contributed by atoms with Gasteiger partial charge in [0.05, 0.1) is 17.6 Å². The van der Waals surface area contributed by atoms with Crippen LogP contribution in [0.2, 0.25) is 0 Å². The number of ether oxygens (including phenoxy) is 1. The van der Waals surface area contributed by atoms with Gasteiger partial charge >= 0.3 is 0 Å². The average Bonchev–Trinajstić information content (AvgIpc) is 2.54. The Bertz CT molecular complexity index is 851. The lowest BCUT2D eigenvalue weighted by molar-refractivity contribution is 0.0781. The van der Waals surface area contributed by atoms with Gasteiger partial charge in [0.25, 0.3) is 5.91 Å². The van der Waals surface area contributed by atoms with Crippen LogP contribution in [-0.2, 0) is 16.6 Å². The number of nitrogens with two attached hydrogens (primary N) is 1. The zero-order valence-corrected chi connectivity index (χ0v) is 15.6. The van der Waals surface area contributed by atoms with Gasteiger partial charge in [0.1, 0.15) is 5.75 Å². The molecule has 8 heteroatoms. The first kappa shape index (κ1) is 18.4. The number of hydrogen-bond acceptors (Lipinski definition) is 4. The molecule has 0 aromatic heterocycles. The van der Waals surface area contributed by atoms with Crippen LogP contribution in [0, 0.1) is 0 Å². The first-order valence-electron chi connectivity index (χ1n) is 6.93. The molecule has 1 amide bonds. The summed E-state index contributed by atoms with van der Waals surface area (Å²) < 4.78 is 29.1. The number of primary sulfonamides is 1.